The van der Waals surface area contributed by atoms with Crippen LogP contribution in [0.25, 0.3) is 0 Å². The summed E-state index contributed by atoms with van der Waals surface area (Å²) in [6, 6.07) is 2.29. The summed E-state index contributed by atoms with van der Waals surface area (Å²) < 4.78 is 0. The molecule has 0 fully saturated rings. The Hall–Kier alpha value is -0.630. The Balaban J connectivity index is 2.09. The minimum absolute atomic E-state index is 0.680. The van der Waals surface area contributed by atoms with Gasteiger partial charge in [0.2, 0.25) is 0 Å². The molecule has 2 rings (SSSR count). The number of rotatable bonds is 3. The number of fused-ring (bicyclic) bond motifs is 1. The summed E-state index contributed by atoms with van der Waals surface area (Å²) >= 11 is 1.90. The maximum atomic E-state index is 10.2. The lowest BCUT2D eigenvalue weighted by Gasteiger charge is -1.89. The molecule has 0 saturated heterocycles. The summed E-state index contributed by atoms with van der Waals surface area (Å²) in [6.45, 7) is 0. The van der Waals surface area contributed by atoms with Gasteiger partial charge in [-0.15, -0.1) is 11.3 Å². The second-order valence-electron chi connectivity index (χ2n) is 3.22. The van der Waals surface area contributed by atoms with Gasteiger partial charge in [0.05, 0.1) is 0 Å². The average Bonchev–Trinajstić information content (AvgIpc) is 2.58. The summed E-state index contributed by atoms with van der Waals surface area (Å²) in [5.41, 5.74) is 1.54. The Morgan fingerprint density at radius 1 is 1.50 bits per heavy atom. The van der Waals surface area contributed by atoms with Gasteiger partial charge in [-0.1, -0.05) is 0 Å². The number of hydrogen-bond donors (Lipinski definition) is 0. The predicted molar refractivity (Wildman–Crippen MR) is 50.7 cm³/mol. The third-order valence-electron chi connectivity index (χ3n) is 2.31. The second kappa shape index (κ2) is 3.40. The normalized spacial score (nSPS) is 14.7. The van der Waals surface area contributed by atoms with Crippen molar-refractivity contribution in [3.63, 3.8) is 0 Å². The molecule has 64 valence electrons. The van der Waals surface area contributed by atoms with Crippen LogP contribution in [0.5, 0.6) is 0 Å². The van der Waals surface area contributed by atoms with Crippen molar-refractivity contribution in [2.45, 2.75) is 32.1 Å². The lowest BCUT2D eigenvalue weighted by molar-refractivity contribution is -0.107. The van der Waals surface area contributed by atoms with E-state index < -0.39 is 0 Å². The molecule has 1 aliphatic carbocycles. The van der Waals surface area contributed by atoms with Crippen molar-refractivity contribution in [2.75, 3.05) is 0 Å². The largest absolute Gasteiger partial charge is 0.303 e. The highest BCUT2D eigenvalue weighted by Gasteiger charge is 2.13. The van der Waals surface area contributed by atoms with Crippen LogP contribution in [0.4, 0.5) is 0 Å². The molecule has 2 heteroatoms. The minimum Gasteiger partial charge on any atom is -0.303 e. The molecule has 0 bridgehead atoms. The molecule has 1 aromatic rings. The highest BCUT2D eigenvalue weighted by Crippen LogP contribution is 2.30. The lowest BCUT2D eigenvalue weighted by Crippen LogP contribution is -1.81. The van der Waals surface area contributed by atoms with Gasteiger partial charge in [0.15, 0.2) is 0 Å². The van der Waals surface area contributed by atoms with Gasteiger partial charge in [-0.3, -0.25) is 0 Å². The Bertz CT molecular complexity index is 267. The number of carbonyl (C=O) groups excluding carboxylic acids is 1. The molecule has 1 nitrogen and oxygen atoms in total. The number of aldehydes is 1. The van der Waals surface area contributed by atoms with Gasteiger partial charge in [-0.25, -0.2) is 0 Å². The zero-order valence-corrected chi connectivity index (χ0v) is 7.82. The van der Waals surface area contributed by atoms with Crippen LogP contribution in [0.3, 0.4) is 0 Å². The molecule has 12 heavy (non-hydrogen) atoms. The fraction of sp³-hybridized carbons (Fsp3) is 0.500. The van der Waals surface area contributed by atoms with E-state index in [2.05, 4.69) is 6.07 Å². The predicted octanol–water partition coefficient (Wildman–Crippen LogP) is 2.37. The quantitative estimate of drug-likeness (QED) is 0.653. The zero-order valence-electron chi connectivity index (χ0n) is 7.01. The zero-order chi connectivity index (χ0) is 8.39. The molecule has 1 aromatic heterocycles. The van der Waals surface area contributed by atoms with Crippen LogP contribution < -0.4 is 0 Å². The second-order valence-corrected chi connectivity index (χ2v) is 4.44. The van der Waals surface area contributed by atoms with Gasteiger partial charge in [0.1, 0.15) is 6.29 Å². The van der Waals surface area contributed by atoms with Crippen LogP contribution in [-0.2, 0) is 24.1 Å². The third kappa shape index (κ3) is 1.44. The van der Waals surface area contributed by atoms with Gasteiger partial charge in [0, 0.05) is 16.2 Å². The van der Waals surface area contributed by atoms with Crippen molar-refractivity contribution >= 4 is 17.6 Å². The van der Waals surface area contributed by atoms with Gasteiger partial charge in [-0.05, 0) is 37.3 Å². The molecule has 1 heterocycles. The standard InChI is InChI=1S/C10H12OS/c11-6-2-4-9-7-8-3-1-5-10(8)12-9/h6-7H,1-5H2. The SMILES string of the molecule is O=CCCc1cc2c(s1)CCC2. The smallest absolute Gasteiger partial charge is 0.120 e. The topological polar surface area (TPSA) is 17.1 Å². The first-order chi connectivity index (χ1) is 5.90. The minimum atomic E-state index is 0.680. The van der Waals surface area contributed by atoms with Crippen LogP contribution in [0.2, 0.25) is 0 Å². The molecule has 0 unspecified atom stereocenters. The van der Waals surface area contributed by atoms with Crippen molar-refractivity contribution < 1.29 is 4.79 Å². The molecule has 0 aliphatic heterocycles. The van der Waals surface area contributed by atoms with Crippen LogP contribution in [0.1, 0.15) is 28.2 Å². The highest BCUT2D eigenvalue weighted by molar-refractivity contribution is 7.12. The van der Waals surface area contributed by atoms with Crippen LogP contribution in [0, 0.1) is 0 Å². The third-order valence-corrected chi connectivity index (χ3v) is 3.60. The van der Waals surface area contributed by atoms with E-state index in [9.17, 15) is 4.79 Å². The van der Waals surface area contributed by atoms with E-state index in [0.717, 1.165) is 12.7 Å². The first kappa shape index (κ1) is 7.99. The van der Waals surface area contributed by atoms with E-state index >= 15 is 0 Å². The van der Waals surface area contributed by atoms with Crippen LogP contribution in [0.15, 0.2) is 6.07 Å². The van der Waals surface area contributed by atoms with Crippen molar-refractivity contribution in [3.8, 4) is 0 Å². The Morgan fingerprint density at radius 3 is 3.17 bits per heavy atom. The number of thiophene rings is 1. The Labute approximate surface area is 76.4 Å². The maximum absolute atomic E-state index is 10.2. The summed E-state index contributed by atoms with van der Waals surface area (Å²) in [7, 11) is 0. The van der Waals surface area contributed by atoms with Crippen molar-refractivity contribution in [1.82, 2.24) is 0 Å². The van der Waals surface area contributed by atoms with E-state index in [4.69, 9.17) is 0 Å². The Kier molecular flexibility index (Phi) is 2.26. The van der Waals surface area contributed by atoms with Crippen molar-refractivity contribution in [3.05, 3.63) is 21.4 Å². The molecular weight excluding hydrogens is 168 g/mol. The molecular formula is C10H12OS. The van der Waals surface area contributed by atoms with Crippen molar-refractivity contribution in [1.29, 1.82) is 0 Å². The van der Waals surface area contributed by atoms with E-state index in [-0.39, 0.29) is 0 Å². The van der Waals surface area contributed by atoms with Crippen LogP contribution in [-0.4, -0.2) is 6.29 Å². The molecule has 0 atom stereocenters. The first-order valence-corrected chi connectivity index (χ1v) is 5.26. The summed E-state index contributed by atoms with van der Waals surface area (Å²) in [5, 5.41) is 0. The average molecular weight is 180 g/mol. The number of carbonyl (C=O) groups is 1. The fourth-order valence-electron chi connectivity index (χ4n) is 1.72. The fourth-order valence-corrected chi connectivity index (χ4v) is 2.99. The highest BCUT2D eigenvalue weighted by atomic mass is 32.1. The van der Waals surface area contributed by atoms with Gasteiger partial charge < -0.3 is 4.79 Å². The lowest BCUT2D eigenvalue weighted by atomic mass is 10.2. The van der Waals surface area contributed by atoms with E-state index in [0.29, 0.717) is 6.42 Å². The number of hydrogen-bond acceptors (Lipinski definition) is 2. The maximum Gasteiger partial charge on any atom is 0.120 e. The molecule has 0 spiro atoms. The van der Waals surface area contributed by atoms with Crippen LogP contribution >= 0.6 is 11.3 Å². The van der Waals surface area contributed by atoms with E-state index in [1.54, 1.807) is 10.4 Å². The molecule has 0 N–H and O–H groups in total. The molecule has 0 amide bonds. The molecule has 0 radical (unpaired) electrons. The molecule has 0 saturated carbocycles. The summed E-state index contributed by atoms with van der Waals surface area (Å²) in [6.07, 6.45) is 6.48. The van der Waals surface area contributed by atoms with Gasteiger partial charge in [-0.2, -0.15) is 0 Å². The molecule has 1 aliphatic rings. The first-order valence-electron chi connectivity index (χ1n) is 4.44. The molecule has 0 aromatic carbocycles. The van der Waals surface area contributed by atoms with E-state index in [1.165, 1.54) is 24.1 Å². The monoisotopic (exact) mass is 180 g/mol. The summed E-state index contributed by atoms with van der Waals surface area (Å²) in [4.78, 5) is 13.1. The number of aryl methyl sites for hydroxylation is 3. The van der Waals surface area contributed by atoms with Gasteiger partial charge in [0.25, 0.3) is 0 Å². The van der Waals surface area contributed by atoms with Crippen molar-refractivity contribution in [2.24, 2.45) is 0 Å². The Morgan fingerprint density at radius 2 is 2.42 bits per heavy atom. The van der Waals surface area contributed by atoms with E-state index in [1.807, 2.05) is 11.3 Å². The van der Waals surface area contributed by atoms with Gasteiger partial charge >= 0.3 is 0 Å². The summed E-state index contributed by atoms with van der Waals surface area (Å²) in [5.74, 6) is 0.